The maximum atomic E-state index is 12.9. The molecule has 172 valence electrons. The van der Waals surface area contributed by atoms with Gasteiger partial charge in [-0.3, -0.25) is 19.8 Å². The standard InChI is InChI=1S/C25H22ClN5O3/c26-20-8-4-18(5-9-20)24-22(30-12-2-1-3-23(30)27-24)17-28-13-15-29(16-14-28)25(32)19-6-10-21(11-7-19)31(33)34/h1-12H,13-17H2. The number of imidazole rings is 1. The number of aromatic nitrogens is 2. The van der Waals surface area contributed by atoms with E-state index >= 15 is 0 Å². The predicted octanol–water partition coefficient (Wildman–Crippen LogP) is 4.52. The first-order valence-corrected chi connectivity index (χ1v) is 11.4. The molecule has 34 heavy (non-hydrogen) atoms. The van der Waals surface area contributed by atoms with Crippen molar-refractivity contribution in [2.24, 2.45) is 0 Å². The van der Waals surface area contributed by atoms with Crippen molar-refractivity contribution >= 4 is 28.8 Å². The molecule has 8 nitrogen and oxygen atoms in total. The van der Waals surface area contributed by atoms with Gasteiger partial charge in [0.15, 0.2) is 0 Å². The highest BCUT2D eigenvalue weighted by Gasteiger charge is 2.24. The Morgan fingerprint density at radius 2 is 1.68 bits per heavy atom. The fourth-order valence-corrected chi connectivity index (χ4v) is 4.39. The number of hydrogen-bond acceptors (Lipinski definition) is 5. The van der Waals surface area contributed by atoms with Crippen LogP contribution in [0, 0.1) is 10.1 Å². The van der Waals surface area contributed by atoms with E-state index in [1.807, 2.05) is 48.7 Å². The lowest BCUT2D eigenvalue weighted by Gasteiger charge is -2.34. The molecular formula is C25H22ClN5O3. The van der Waals surface area contributed by atoms with Crippen molar-refractivity contribution in [1.29, 1.82) is 0 Å². The van der Waals surface area contributed by atoms with Crippen LogP contribution in [-0.2, 0) is 6.54 Å². The fraction of sp³-hybridized carbons (Fsp3) is 0.200. The second-order valence-corrected chi connectivity index (χ2v) is 8.65. The van der Waals surface area contributed by atoms with Crippen LogP contribution in [0.15, 0.2) is 72.9 Å². The highest BCUT2D eigenvalue weighted by molar-refractivity contribution is 6.30. The molecule has 0 saturated carbocycles. The van der Waals surface area contributed by atoms with Crippen LogP contribution >= 0.6 is 11.6 Å². The number of nitro benzene ring substituents is 1. The number of rotatable bonds is 5. The van der Waals surface area contributed by atoms with Gasteiger partial charge in [-0.25, -0.2) is 4.98 Å². The lowest BCUT2D eigenvalue weighted by atomic mass is 10.1. The summed E-state index contributed by atoms with van der Waals surface area (Å²) in [5.41, 5.74) is 4.35. The lowest BCUT2D eigenvalue weighted by Crippen LogP contribution is -2.48. The molecule has 0 unspecified atom stereocenters. The van der Waals surface area contributed by atoms with Gasteiger partial charge in [0.05, 0.1) is 16.3 Å². The van der Waals surface area contributed by atoms with Crippen molar-refractivity contribution in [3.05, 3.63) is 99.3 Å². The summed E-state index contributed by atoms with van der Waals surface area (Å²) in [4.78, 5) is 32.2. The fourth-order valence-electron chi connectivity index (χ4n) is 4.27. The normalized spacial score (nSPS) is 14.4. The number of nitro groups is 1. The van der Waals surface area contributed by atoms with E-state index in [4.69, 9.17) is 16.6 Å². The SMILES string of the molecule is O=C(c1ccc([N+](=O)[O-])cc1)N1CCN(Cc2c(-c3ccc(Cl)cc3)nc3ccccn23)CC1. The number of pyridine rings is 1. The van der Waals surface area contributed by atoms with E-state index in [9.17, 15) is 14.9 Å². The van der Waals surface area contributed by atoms with Gasteiger partial charge < -0.3 is 9.30 Å². The molecule has 0 aliphatic carbocycles. The first kappa shape index (κ1) is 22.1. The summed E-state index contributed by atoms with van der Waals surface area (Å²) in [6.45, 7) is 3.31. The summed E-state index contributed by atoms with van der Waals surface area (Å²) in [5.74, 6) is -0.105. The molecule has 2 aromatic carbocycles. The van der Waals surface area contributed by atoms with Gasteiger partial charge >= 0.3 is 0 Å². The number of fused-ring (bicyclic) bond motifs is 1. The number of carbonyl (C=O) groups is 1. The third-order valence-corrected chi connectivity index (χ3v) is 6.36. The summed E-state index contributed by atoms with van der Waals surface area (Å²) in [7, 11) is 0. The van der Waals surface area contributed by atoms with Gasteiger partial charge in [0.2, 0.25) is 0 Å². The molecule has 1 saturated heterocycles. The zero-order chi connectivity index (χ0) is 23.7. The first-order valence-electron chi connectivity index (χ1n) is 11.0. The van der Waals surface area contributed by atoms with Crippen molar-refractivity contribution in [3.8, 4) is 11.3 Å². The number of nitrogens with zero attached hydrogens (tertiary/aromatic N) is 5. The van der Waals surface area contributed by atoms with Crippen LogP contribution < -0.4 is 0 Å². The molecule has 3 heterocycles. The Labute approximate surface area is 201 Å². The largest absolute Gasteiger partial charge is 0.336 e. The quantitative estimate of drug-likeness (QED) is 0.313. The highest BCUT2D eigenvalue weighted by atomic mass is 35.5. The summed E-state index contributed by atoms with van der Waals surface area (Å²) in [6.07, 6.45) is 2.02. The van der Waals surface area contributed by atoms with E-state index in [0.29, 0.717) is 30.2 Å². The van der Waals surface area contributed by atoms with Crippen LogP contribution in [0.3, 0.4) is 0 Å². The smallest absolute Gasteiger partial charge is 0.269 e. The zero-order valence-corrected chi connectivity index (χ0v) is 19.1. The zero-order valence-electron chi connectivity index (χ0n) is 18.3. The average molecular weight is 476 g/mol. The summed E-state index contributed by atoms with van der Waals surface area (Å²) in [5, 5.41) is 11.5. The number of non-ortho nitro benzene ring substituents is 1. The highest BCUT2D eigenvalue weighted by Crippen LogP contribution is 2.27. The Balaban J connectivity index is 1.31. The Morgan fingerprint density at radius 1 is 0.971 bits per heavy atom. The molecule has 0 atom stereocenters. The number of benzene rings is 2. The molecule has 0 N–H and O–H groups in total. The first-order chi connectivity index (χ1) is 16.5. The van der Waals surface area contributed by atoms with Crippen molar-refractivity contribution < 1.29 is 9.72 Å². The Kier molecular flexibility index (Phi) is 6.00. The van der Waals surface area contributed by atoms with E-state index in [1.165, 1.54) is 24.3 Å². The van der Waals surface area contributed by atoms with Gasteiger partial charge in [0.25, 0.3) is 11.6 Å². The van der Waals surface area contributed by atoms with E-state index in [0.717, 1.165) is 35.7 Å². The lowest BCUT2D eigenvalue weighted by molar-refractivity contribution is -0.384. The molecule has 5 rings (SSSR count). The van der Waals surface area contributed by atoms with Crippen LogP contribution in [0.1, 0.15) is 16.1 Å². The third kappa shape index (κ3) is 4.37. The minimum absolute atomic E-state index is 0.0223. The van der Waals surface area contributed by atoms with Crippen LogP contribution in [-0.4, -0.2) is 56.2 Å². The Bertz CT molecular complexity index is 1340. The van der Waals surface area contributed by atoms with Gasteiger partial charge in [-0.1, -0.05) is 29.8 Å². The van der Waals surface area contributed by atoms with Crippen LogP contribution in [0.25, 0.3) is 16.9 Å². The van der Waals surface area contributed by atoms with Gasteiger partial charge in [0, 0.05) is 67.2 Å². The second kappa shape index (κ2) is 9.24. The molecule has 1 fully saturated rings. The molecule has 9 heteroatoms. The van der Waals surface area contributed by atoms with Crippen molar-refractivity contribution in [1.82, 2.24) is 19.2 Å². The molecular weight excluding hydrogens is 454 g/mol. The van der Waals surface area contributed by atoms with E-state index in [2.05, 4.69) is 9.30 Å². The maximum Gasteiger partial charge on any atom is 0.269 e. The second-order valence-electron chi connectivity index (χ2n) is 8.22. The van der Waals surface area contributed by atoms with E-state index < -0.39 is 4.92 Å². The van der Waals surface area contributed by atoms with Crippen LogP contribution in [0.5, 0.6) is 0 Å². The van der Waals surface area contributed by atoms with Crippen molar-refractivity contribution in [2.45, 2.75) is 6.54 Å². The van der Waals surface area contributed by atoms with Crippen molar-refractivity contribution in [2.75, 3.05) is 26.2 Å². The summed E-state index contributed by atoms with van der Waals surface area (Å²) < 4.78 is 2.11. The minimum atomic E-state index is -0.467. The summed E-state index contributed by atoms with van der Waals surface area (Å²) >= 11 is 6.08. The molecule has 0 bridgehead atoms. The van der Waals surface area contributed by atoms with Gasteiger partial charge in [-0.2, -0.15) is 0 Å². The van der Waals surface area contributed by atoms with Crippen molar-refractivity contribution in [3.63, 3.8) is 0 Å². The third-order valence-electron chi connectivity index (χ3n) is 6.10. The molecule has 1 aliphatic heterocycles. The number of hydrogen-bond donors (Lipinski definition) is 0. The Morgan fingerprint density at radius 3 is 2.35 bits per heavy atom. The number of amides is 1. The molecule has 0 spiro atoms. The van der Waals surface area contributed by atoms with Gasteiger partial charge in [-0.15, -0.1) is 0 Å². The van der Waals surface area contributed by atoms with Gasteiger partial charge in [0.1, 0.15) is 5.65 Å². The number of halogens is 1. The minimum Gasteiger partial charge on any atom is -0.336 e. The molecule has 1 aliphatic rings. The van der Waals surface area contributed by atoms with Crippen LogP contribution in [0.2, 0.25) is 5.02 Å². The Hall–Kier alpha value is -3.75. The number of carbonyl (C=O) groups excluding carboxylic acids is 1. The molecule has 2 aromatic heterocycles. The van der Waals surface area contributed by atoms with Gasteiger partial charge in [-0.05, 0) is 36.4 Å². The van der Waals surface area contributed by atoms with E-state index in [-0.39, 0.29) is 11.6 Å². The molecule has 0 radical (unpaired) electrons. The molecule has 4 aromatic rings. The predicted molar refractivity (Wildman–Crippen MR) is 130 cm³/mol. The summed E-state index contributed by atoms with van der Waals surface area (Å²) in [6, 6.07) is 19.4. The molecule has 1 amide bonds. The van der Waals surface area contributed by atoms with Crippen LogP contribution in [0.4, 0.5) is 5.69 Å². The topological polar surface area (TPSA) is 84.0 Å². The maximum absolute atomic E-state index is 12.9. The average Bonchev–Trinajstić information content (AvgIpc) is 3.23. The monoisotopic (exact) mass is 475 g/mol. The van der Waals surface area contributed by atoms with E-state index in [1.54, 1.807) is 4.90 Å². The number of piperazine rings is 1.